The molecule has 224 valence electrons. The molecule has 1 N–H and O–H groups in total. The number of rotatable bonds is 3. The van der Waals surface area contributed by atoms with Crippen molar-refractivity contribution in [2.75, 3.05) is 29.0 Å². The average molecular weight is 617 g/mol. The van der Waals surface area contributed by atoms with Crippen molar-refractivity contribution >= 4 is 33.8 Å². The van der Waals surface area contributed by atoms with Crippen LogP contribution in [0.5, 0.6) is 0 Å². The van der Waals surface area contributed by atoms with Gasteiger partial charge < -0.3 is 14.5 Å². The van der Waals surface area contributed by atoms with Crippen LogP contribution in [0.3, 0.4) is 0 Å². The van der Waals surface area contributed by atoms with Crippen LogP contribution in [0.25, 0.3) is 22.5 Å². The van der Waals surface area contributed by atoms with E-state index in [0.717, 1.165) is 34.7 Å². The van der Waals surface area contributed by atoms with Gasteiger partial charge in [-0.05, 0) is 70.8 Å². The third-order valence-electron chi connectivity index (χ3n) is 8.47. The molecule has 0 aliphatic carbocycles. The number of hydrogen-bond acceptors (Lipinski definition) is 5. The molecule has 0 unspecified atom stereocenters. The Hall–Kier alpha value is -4.18. The summed E-state index contributed by atoms with van der Waals surface area (Å²) in [5.41, 5.74) is 9.71. The number of halogens is 1. The Bertz CT molecular complexity index is 1900. The summed E-state index contributed by atoms with van der Waals surface area (Å²) in [4.78, 5) is 0. The minimum absolute atomic E-state index is 0. The molecule has 0 radical (unpaired) electrons. The first-order chi connectivity index (χ1) is 19.7. The number of benzene rings is 2. The first-order valence-corrected chi connectivity index (χ1v) is 15.7. The maximum Gasteiger partial charge on any atom is 0.232 e. The average Bonchev–Trinajstić information content (AvgIpc) is 3.66. The quantitative estimate of drug-likeness (QED) is 0.290. The molecule has 0 atom stereocenters. The van der Waals surface area contributed by atoms with Gasteiger partial charge in [0.2, 0.25) is 10.0 Å². The molecule has 6 rings (SSSR count). The van der Waals surface area contributed by atoms with Crippen LogP contribution in [-0.2, 0) is 34.9 Å². The van der Waals surface area contributed by atoms with Crippen molar-refractivity contribution in [3.63, 3.8) is 0 Å². The zero-order valence-corrected chi connectivity index (χ0v) is 27.2. The van der Waals surface area contributed by atoms with E-state index < -0.39 is 10.0 Å². The molecule has 2 aromatic heterocycles. The largest absolute Gasteiger partial charge is 0.384 e. The fourth-order valence-corrected chi connectivity index (χ4v) is 7.01. The molecule has 0 amide bonds. The third-order valence-corrected chi connectivity index (χ3v) is 9.59. The van der Waals surface area contributed by atoms with Crippen molar-refractivity contribution in [2.45, 2.75) is 38.5 Å². The number of hydrogen-bond donors (Lipinski definition) is 1. The Balaban J connectivity index is 0.000000195. The van der Waals surface area contributed by atoms with Gasteiger partial charge in [0, 0.05) is 55.1 Å². The summed E-state index contributed by atoms with van der Waals surface area (Å²) in [6.45, 7) is 10.0. The van der Waals surface area contributed by atoms with Crippen LogP contribution < -0.4 is 9.62 Å². The lowest BCUT2D eigenvalue weighted by Gasteiger charge is -2.20. The molecular weight excluding hydrogens is 580 g/mol. The van der Waals surface area contributed by atoms with E-state index in [1.165, 1.54) is 27.4 Å². The molecule has 0 bridgehead atoms. The number of nitrogens with zero attached hydrogens (tertiary/aromatic N) is 5. The van der Waals surface area contributed by atoms with Crippen molar-refractivity contribution in [3.05, 3.63) is 83.2 Å². The van der Waals surface area contributed by atoms with Crippen molar-refractivity contribution in [3.8, 4) is 34.7 Å². The van der Waals surface area contributed by atoms with Crippen LogP contribution >= 0.6 is 12.4 Å². The van der Waals surface area contributed by atoms with E-state index in [0.29, 0.717) is 17.9 Å². The number of anilines is 2. The van der Waals surface area contributed by atoms with E-state index in [-0.39, 0.29) is 23.2 Å². The third kappa shape index (κ3) is 5.63. The van der Waals surface area contributed by atoms with Gasteiger partial charge in [-0.2, -0.15) is 10.5 Å². The maximum absolute atomic E-state index is 12.0. The summed E-state index contributed by atoms with van der Waals surface area (Å²) in [5, 5.41) is 21.6. The molecule has 0 fully saturated rings. The summed E-state index contributed by atoms with van der Waals surface area (Å²) in [5.74, 6) is 0. The highest BCUT2D eigenvalue weighted by atomic mass is 35.5. The van der Waals surface area contributed by atoms with Crippen LogP contribution in [0.15, 0.2) is 60.7 Å². The SMILES string of the molecule is Cl.Cn1c(C#N)ccc1-c1ccc2c(c1)C(C)(C)CN2.Cn1c(C#N)ccc1-c1ccc2c(c1)C(C)(C)CN2S(C)(=O)=O. The van der Waals surface area contributed by atoms with Gasteiger partial charge in [0.1, 0.15) is 23.5 Å². The fraction of sp³-hybridized carbons (Fsp3) is 0.333. The highest BCUT2D eigenvalue weighted by Gasteiger charge is 2.39. The normalized spacial score (nSPS) is 15.6. The molecule has 8 nitrogen and oxygen atoms in total. The molecule has 4 heterocycles. The van der Waals surface area contributed by atoms with Gasteiger partial charge in [0.05, 0.1) is 11.9 Å². The Morgan fingerprint density at radius 2 is 1.28 bits per heavy atom. The Labute approximate surface area is 260 Å². The number of aromatic nitrogens is 2. The Morgan fingerprint density at radius 3 is 1.77 bits per heavy atom. The molecule has 0 saturated carbocycles. The molecule has 10 heteroatoms. The number of nitriles is 2. The summed E-state index contributed by atoms with van der Waals surface area (Å²) in [6.07, 6.45) is 1.24. The van der Waals surface area contributed by atoms with Crippen molar-refractivity contribution in [2.24, 2.45) is 14.1 Å². The van der Waals surface area contributed by atoms with E-state index in [1.54, 1.807) is 6.07 Å². The zero-order valence-electron chi connectivity index (χ0n) is 25.6. The minimum atomic E-state index is -3.29. The molecule has 2 aromatic carbocycles. The van der Waals surface area contributed by atoms with Crippen molar-refractivity contribution < 1.29 is 8.42 Å². The molecule has 0 saturated heterocycles. The van der Waals surface area contributed by atoms with Crippen LogP contribution in [0.1, 0.15) is 50.2 Å². The second kappa shape index (κ2) is 11.1. The standard InChI is InChI=1S/C17H19N3O2S.C16H17N3.ClH/c1-17(2)11-20(23(4,21)22)16-7-5-12(9-14(16)17)15-8-6-13(10-18)19(15)3;1-16(2)10-18-14-6-4-11(8-13(14)16)15-7-5-12(9-17)19(15)3;/h5-9H,11H2,1-4H3;4-8,18H,10H2,1-3H3;1H. The highest BCUT2D eigenvalue weighted by Crippen LogP contribution is 2.43. The first-order valence-electron chi connectivity index (χ1n) is 13.8. The van der Waals surface area contributed by atoms with Gasteiger partial charge in [0.25, 0.3) is 0 Å². The van der Waals surface area contributed by atoms with E-state index in [9.17, 15) is 8.42 Å². The predicted octanol–water partition coefficient (Wildman–Crippen LogP) is 6.31. The molecule has 0 spiro atoms. The lowest BCUT2D eigenvalue weighted by atomic mass is 9.86. The maximum atomic E-state index is 12.0. The second-order valence-electron chi connectivity index (χ2n) is 12.4. The van der Waals surface area contributed by atoms with Crippen molar-refractivity contribution in [1.29, 1.82) is 10.5 Å². The number of nitrogens with one attached hydrogen (secondary N) is 1. The monoisotopic (exact) mass is 616 g/mol. The van der Waals surface area contributed by atoms with E-state index >= 15 is 0 Å². The topological polar surface area (TPSA) is 107 Å². The summed E-state index contributed by atoms with van der Waals surface area (Å²) < 4.78 is 29.3. The number of sulfonamides is 1. The lowest BCUT2D eigenvalue weighted by molar-refractivity contribution is 0.557. The molecular formula is C33H37ClN6O2S. The van der Waals surface area contributed by atoms with Gasteiger partial charge in [-0.15, -0.1) is 12.4 Å². The van der Waals surface area contributed by atoms with Crippen LogP contribution in [-0.4, -0.2) is 36.9 Å². The van der Waals surface area contributed by atoms with Gasteiger partial charge in [-0.1, -0.05) is 39.8 Å². The molecule has 2 aliphatic rings. The van der Waals surface area contributed by atoms with E-state index in [4.69, 9.17) is 10.5 Å². The van der Waals surface area contributed by atoms with E-state index in [1.807, 2.05) is 73.5 Å². The molecule has 4 aromatic rings. The van der Waals surface area contributed by atoms with Crippen molar-refractivity contribution in [1.82, 2.24) is 9.13 Å². The Kier molecular flexibility index (Phi) is 8.23. The van der Waals surface area contributed by atoms with Gasteiger partial charge in [-0.25, -0.2) is 8.42 Å². The van der Waals surface area contributed by atoms with Gasteiger partial charge in [-0.3, -0.25) is 4.31 Å². The lowest BCUT2D eigenvalue weighted by Crippen LogP contribution is -2.32. The van der Waals surface area contributed by atoms with Crippen LogP contribution in [0.2, 0.25) is 0 Å². The minimum Gasteiger partial charge on any atom is -0.384 e. The highest BCUT2D eigenvalue weighted by molar-refractivity contribution is 7.92. The summed E-state index contributed by atoms with van der Waals surface area (Å²) in [7, 11) is 0.504. The van der Waals surface area contributed by atoms with Gasteiger partial charge in [0.15, 0.2) is 0 Å². The second-order valence-corrected chi connectivity index (χ2v) is 14.3. The van der Waals surface area contributed by atoms with Crippen LogP contribution in [0, 0.1) is 22.7 Å². The van der Waals surface area contributed by atoms with E-state index in [2.05, 4.69) is 49.5 Å². The zero-order chi connectivity index (χ0) is 30.6. The van der Waals surface area contributed by atoms with Gasteiger partial charge >= 0.3 is 0 Å². The summed E-state index contributed by atoms with van der Waals surface area (Å²) in [6, 6.07) is 24.2. The molecule has 43 heavy (non-hydrogen) atoms. The first kappa shape index (κ1) is 31.7. The number of fused-ring (bicyclic) bond motifs is 2. The summed E-state index contributed by atoms with van der Waals surface area (Å²) >= 11 is 0. The predicted molar refractivity (Wildman–Crippen MR) is 175 cm³/mol. The Morgan fingerprint density at radius 1 is 0.767 bits per heavy atom. The van der Waals surface area contributed by atoms with Crippen LogP contribution in [0.4, 0.5) is 11.4 Å². The molecule has 2 aliphatic heterocycles. The smallest absolute Gasteiger partial charge is 0.232 e. The fourth-order valence-electron chi connectivity index (χ4n) is 5.94.